The highest BCUT2D eigenvalue weighted by atomic mass is 16.6. The summed E-state index contributed by atoms with van der Waals surface area (Å²) in [5.41, 5.74) is 2.41. The lowest BCUT2D eigenvalue weighted by atomic mass is 9.94. The summed E-state index contributed by atoms with van der Waals surface area (Å²) >= 11 is 0. The Hall–Kier alpha value is -3.23. The fourth-order valence-electron chi connectivity index (χ4n) is 3.05. The first-order valence-corrected chi connectivity index (χ1v) is 9.72. The molecular formula is C20H26N4O7. The second-order valence-electron chi connectivity index (χ2n) is 8.02. The summed E-state index contributed by atoms with van der Waals surface area (Å²) < 4.78 is 11.4. The molecule has 0 radical (unpaired) electrons. The predicted octanol–water partition coefficient (Wildman–Crippen LogP) is -0.500. The van der Waals surface area contributed by atoms with Crippen molar-refractivity contribution >= 4 is 11.9 Å². The summed E-state index contributed by atoms with van der Waals surface area (Å²) in [5, 5.41) is 20.9. The molecule has 1 aromatic rings. The third kappa shape index (κ3) is 4.76. The van der Waals surface area contributed by atoms with Crippen molar-refractivity contribution in [1.29, 1.82) is 5.26 Å². The molecule has 0 amide bonds. The number of aromatic nitrogens is 2. The van der Waals surface area contributed by atoms with E-state index in [-0.39, 0.29) is 30.3 Å². The number of aliphatic hydroxyl groups excluding tert-OH is 1. The van der Waals surface area contributed by atoms with Gasteiger partial charge in [-0.05, 0) is 5.92 Å². The van der Waals surface area contributed by atoms with Crippen molar-refractivity contribution in [3.05, 3.63) is 44.4 Å². The standard InChI is InChI=1S/C20H26N4O7/c1-10(2)14(22)18(28)31-15-12(8-30-17(27)11(3)4)7-20(9-21,16(15)26)24-6-5-13(25)23-19(24)29/h5-6,10-11,14,16,26H,7-8,22H2,1-4H3,(H,23,25,29)/t14-,16?,20-/m0/s1. The van der Waals surface area contributed by atoms with Crippen LogP contribution in [0.25, 0.3) is 0 Å². The van der Waals surface area contributed by atoms with Crippen LogP contribution in [0.1, 0.15) is 34.1 Å². The summed E-state index contributed by atoms with van der Waals surface area (Å²) in [6.45, 7) is 6.30. The molecule has 1 aromatic heterocycles. The van der Waals surface area contributed by atoms with Gasteiger partial charge in [-0.25, -0.2) is 9.59 Å². The number of hydrogen-bond acceptors (Lipinski definition) is 9. The molecule has 0 fully saturated rings. The summed E-state index contributed by atoms with van der Waals surface area (Å²) in [6.07, 6.45) is -0.991. The predicted molar refractivity (Wildman–Crippen MR) is 107 cm³/mol. The summed E-state index contributed by atoms with van der Waals surface area (Å²) in [5.74, 6) is -2.40. The molecule has 1 unspecified atom stereocenters. The summed E-state index contributed by atoms with van der Waals surface area (Å²) in [6, 6.07) is 1.90. The van der Waals surface area contributed by atoms with E-state index in [0.29, 0.717) is 0 Å². The molecule has 31 heavy (non-hydrogen) atoms. The maximum Gasteiger partial charge on any atom is 0.329 e. The zero-order chi connectivity index (χ0) is 23.5. The first kappa shape index (κ1) is 24.0. The number of nitriles is 1. The van der Waals surface area contributed by atoms with Crippen LogP contribution in [0.5, 0.6) is 0 Å². The molecule has 0 aromatic carbocycles. The minimum absolute atomic E-state index is 0.144. The Morgan fingerprint density at radius 2 is 2.00 bits per heavy atom. The second kappa shape index (κ2) is 9.28. The Labute approximate surface area is 178 Å². The molecule has 0 aliphatic heterocycles. The first-order chi connectivity index (χ1) is 14.4. The van der Waals surface area contributed by atoms with E-state index in [1.54, 1.807) is 27.7 Å². The number of nitrogens with zero attached hydrogens (tertiary/aromatic N) is 2. The highest BCUT2D eigenvalue weighted by molar-refractivity contribution is 5.77. The minimum Gasteiger partial charge on any atom is -0.461 e. The van der Waals surface area contributed by atoms with Gasteiger partial charge in [-0.1, -0.05) is 27.7 Å². The Morgan fingerprint density at radius 3 is 2.52 bits per heavy atom. The largest absolute Gasteiger partial charge is 0.461 e. The van der Waals surface area contributed by atoms with E-state index >= 15 is 0 Å². The molecule has 0 saturated carbocycles. The quantitative estimate of drug-likeness (QED) is 0.477. The molecule has 0 spiro atoms. The Balaban J connectivity index is 2.50. The number of nitrogens with two attached hydrogens (primary N) is 1. The molecule has 2 rings (SSSR count). The van der Waals surface area contributed by atoms with Gasteiger partial charge in [-0.15, -0.1) is 0 Å². The highest BCUT2D eigenvalue weighted by Crippen LogP contribution is 2.41. The number of H-pyrrole nitrogens is 1. The third-order valence-electron chi connectivity index (χ3n) is 5.04. The van der Waals surface area contributed by atoms with Gasteiger partial charge < -0.3 is 20.3 Å². The molecule has 1 aliphatic carbocycles. The molecule has 0 saturated heterocycles. The Morgan fingerprint density at radius 1 is 1.35 bits per heavy atom. The van der Waals surface area contributed by atoms with E-state index in [0.717, 1.165) is 16.8 Å². The fraction of sp³-hybridized carbons (Fsp3) is 0.550. The number of esters is 2. The number of rotatable bonds is 7. The average molecular weight is 434 g/mol. The lowest BCUT2D eigenvalue weighted by Gasteiger charge is -2.28. The number of carbonyl (C=O) groups is 2. The van der Waals surface area contributed by atoms with Crippen molar-refractivity contribution in [1.82, 2.24) is 9.55 Å². The van der Waals surface area contributed by atoms with Crippen LogP contribution in [-0.4, -0.2) is 45.3 Å². The van der Waals surface area contributed by atoms with Gasteiger partial charge in [-0.3, -0.25) is 19.1 Å². The van der Waals surface area contributed by atoms with Gasteiger partial charge in [-0.2, -0.15) is 5.26 Å². The molecule has 11 nitrogen and oxygen atoms in total. The van der Waals surface area contributed by atoms with Gasteiger partial charge in [0.05, 0.1) is 12.0 Å². The molecule has 11 heteroatoms. The van der Waals surface area contributed by atoms with Gasteiger partial charge in [0, 0.05) is 24.3 Å². The molecular weight excluding hydrogens is 408 g/mol. The van der Waals surface area contributed by atoms with E-state index in [1.807, 2.05) is 11.1 Å². The molecule has 3 atom stereocenters. The van der Waals surface area contributed by atoms with Crippen molar-refractivity contribution in [2.24, 2.45) is 17.6 Å². The summed E-state index contributed by atoms with van der Waals surface area (Å²) in [7, 11) is 0. The molecule has 0 bridgehead atoms. The zero-order valence-electron chi connectivity index (χ0n) is 17.7. The van der Waals surface area contributed by atoms with Crippen LogP contribution in [-0.2, 0) is 24.6 Å². The third-order valence-corrected chi connectivity index (χ3v) is 5.04. The van der Waals surface area contributed by atoms with Crippen molar-refractivity contribution in [2.45, 2.75) is 51.8 Å². The van der Waals surface area contributed by atoms with E-state index < -0.39 is 46.8 Å². The lowest BCUT2D eigenvalue weighted by molar-refractivity contribution is -0.146. The maximum atomic E-state index is 12.4. The van der Waals surface area contributed by atoms with Gasteiger partial charge >= 0.3 is 17.6 Å². The molecule has 4 N–H and O–H groups in total. The smallest absolute Gasteiger partial charge is 0.329 e. The maximum absolute atomic E-state index is 12.4. The van der Waals surface area contributed by atoms with Crippen molar-refractivity contribution in [3.8, 4) is 6.07 Å². The Kier molecular flexibility index (Phi) is 7.20. The van der Waals surface area contributed by atoms with Gasteiger partial charge in [0.1, 0.15) is 24.5 Å². The van der Waals surface area contributed by atoms with Gasteiger partial charge in [0.2, 0.25) is 0 Å². The fourth-order valence-corrected chi connectivity index (χ4v) is 3.05. The number of carbonyl (C=O) groups excluding carboxylic acids is 2. The van der Waals surface area contributed by atoms with E-state index in [4.69, 9.17) is 15.2 Å². The van der Waals surface area contributed by atoms with Gasteiger partial charge in [0.15, 0.2) is 5.54 Å². The van der Waals surface area contributed by atoms with Crippen LogP contribution < -0.4 is 17.0 Å². The van der Waals surface area contributed by atoms with Crippen molar-refractivity contribution < 1.29 is 24.2 Å². The lowest BCUT2D eigenvalue weighted by Crippen LogP contribution is -2.49. The van der Waals surface area contributed by atoms with Crippen molar-refractivity contribution in [2.75, 3.05) is 6.61 Å². The molecule has 1 heterocycles. The number of nitrogens with one attached hydrogen (secondary N) is 1. The second-order valence-corrected chi connectivity index (χ2v) is 8.02. The van der Waals surface area contributed by atoms with Crippen LogP contribution in [0.3, 0.4) is 0 Å². The number of hydrogen-bond donors (Lipinski definition) is 3. The first-order valence-electron chi connectivity index (χ1n) is 9.72. The summed E-state index contributed by atoms with van der Waals surface area (Å²) in [4.78, 5) is 50.1. The normalized spacial score (nSPS) is 21.8. The minimum atomic E-state index is -1.93. The number of ether oxygens (including phenoxy) is 2. The van der Waals surface area contributed by atoms with Crippen LogP contribution >= 0.6 is 0 Å². The van der Waals surface area contributed by atoms with E-state index in [1.165, 1.54) is 0 Å². The molecule has 1 aliphatic rings. The van der Waals surface area contributed by atoms with Crippen molar-refractivity contribution in [3.63, 3.8) is 0 Å². The topological polar surface area (TPSA) is 178 Å². The van der Waals surface area contributed by atoms with Crippen LogP contribution in [0.4, 0.5) is 0 Å². The van der Waals surface area contributed by atoms with E-state index in [9.17, 15) is 29.5 Å². The monoisotopic (exact) mass is 434 g/mol. The van der Waals surface area contributed by atoms with Crippen LogP contribution in [0.15, 0.2) is 33.2 Å². The SMILES string of the molecule is CC(C)C(=O)OCC1=C(OC(=O)[C@@H](N)C(C)C)C(O)[C@](C#N)(n2ccc(=O)[nH]c2=O)C1. The van der Waals surface area contributed by atoms with E-state index in [2.05, 4.69) is 0 Å². The van der Waals surface area contributed by atoms with Crippen LogP contribution in [0, 0.1) is 23.2 Å². The number of aliphatic hydroxyl groups is 1. The highest BCUT2D eigenvalue weighted by Gasteiger charge is 2.52. The Bertz CT molecular complexity index is 1050. The zero-order valence-corrected chi connectivity index (χ0v) is 17.7. The van der Waals surface area contributed by atoms with Crippen LogP contribution in [0.2, 0.25) is 0 Å². The van der Waals surface area contributed by atoms with Gasteiger partial charge in [0.25, 0.3) is 5.56 Å². The average Bonchev–Trinajstić information content (AvgIpc) is 2.97. The number of aromatic amines is 1. The molecule has 168 valence electrons.